The van der Waals surface area contributed by atoms with Gasteiger partial charge in [0.1, 0.15) is 23.2 Å². The number of aryl methyl sites for hydroxylation is 3. The van der Waals surface area contributed by atoms with Crippen molar-refractivity contribution in [3.05, 3.63) is 62.2 Å². The topological polar surface area (TPSA) is 73.9 Å². The van der Waals surface area contributed by atoms with E-state index < -0.39 is 0 Å². The number of halogens is 2. The summed E-state index contributed by atoms with van der Waals surface area (Å²) in [6.45, 7) is 7.31. The molecule has 3 aromatic heterocycles. The van der Waals surface area contributed by atoms with Crippen molar-refractivity contribution >= 4 is 39.9 Å². The number of aromatic nitrogens is 4. The number of rotatable bonds is 8. The van der Waals surface area contributed by atoms with E-state index in [0.29, 0.717) is 40.1 Å². The van der Waals surface area contributed by atoms with Crippen LogP contribution in [0.4, 0.5) is 0 Å². The third-order valence-corrected chi connectivity index (χ3v) is 7.75. The first-order valence-electron chi connectivity index (χ1n) is 12.7. The Morgan fingerprint density at radius 3 is 2.54 bits per heavy atom. The molecule has 10 heteroatoms. The molecule has 0 amide bonds. The highest BCUT2D eigenvalue weighted by Crippen LogP contribution is 2.28. The predicted octanol–water partition coefficient (Wildman–Crippen LogP) is 5.16. The van der Waals surface area contributed by atoms with E-state index in [9.17, 15) is 4.79 Å². The Bertz CT molecular complexity index is 1490. The number of pyridine rings is 1. The fourth-order valence-electron chi connectivity index (χ4n) is 5.12. The van der Waals surface area contributed by atoms with Crippen LogP contribution in [0.5, 0.6) is 11.6 Å². The molecule has 4 heterocycles. The number of fused-ring (bicyclic) bond motifs is 3. The molecule has 4 aromatic rings. The van der Waals surface area contributed by atoms with E-state index in [0.717, 1.165) is 61.7 Å². The molecule has 5 rings (SSSR count). The minimum atomic E-state index is -0.0297. The van der Waals surface area contributed by atoms with Crippen molar-refractivity contribution in [1.29, 1.82) is 0 Å². The Kier molecular flexibility index (Phi) is 7.60. The monoisotopic (exact) mass is 543 g/mol. The Labute approximate surface area is 225 Å². The maximum atomic E-state index is 13.6. The van der Waals surface area contributed by atoms with E-state index in [-0.39, 0.29) is 11.7 Å². The van der Waals surface area contributed by atoms with Gasteiger partial charge in [-0.1, -0.05) is 30.1 Å². The number of ether oxygens (including phenoxy) is 2. The molecule has 0 spiro atoms. The zero-order valence-corrected chi connectivity index (χ0v) is 22.8. The summed E-state index contributed by atoms with van der Waals surface area (Å²) in [7, 11) is 1.60. The number of imidazole rings is 1. The fourth-order valence-corrected chi connectivity index (χ4v) is 5.41. The Morgan fingerprint density at radius 1 is 1.05 bits per heavy atom. The van der Waals surface area contributed by atoms with Gasteiger partial charge in [-0.05, 0) is 50.9 Å². The Balaban J connectivity index is 1.28. The van der Waals surface area contributed by atoms with E-state index in [4.69, 9.17) is 37.7 Å². The van der Waals surface area contributed by atoms with Crippen molar-refractivity contribution in [3.63, 3.8) is 0 Å². The Morgan fingerprint density at radius 2 is 1.84 bits per heavy atom. The third-order valence-electron chi connectivity index (χ3n) is 7.01. The summed E-state index contributed by atoms with van der Waals surface area (Å²) >= 11 is 12.1. The minimum Gasteiger partial charge on any atom is -0.490 e. The molecular formula is C27H31Cl2N5O3. The standard InChI is InChI=1S/C27H31Cl2N5O3/c1-4-23-30-17(2)25-27(35)33(22-8-9-24(36-3)31-26(22)34(23)25)13-5-12-32-14-10-18(11-15-32)37-19-6-7-20(28)21(29)16-19/h6-9,16,18H,4-5,10-15H2,1-3H3. The van der Waals surface area contributed by atoms with Gasteiger partial charge in [-0.3, -0.25) is 9.20 Å². The van der Waals surface area contributed by atoms with Crippen molar-refractivity contribution in [3.8, 4) is 11.6 Å². The molecule has 1 aromatic carbocycles. The molecule has 196 valence electrons. The molecule has 1 saturated heterocycles. The van der Waals surface area contributed by atoms with Crippen LogP contribution in [0.2, 0.25) is 10.0 Å². The molecule has 0 N–H and O–H groups in total. The molecule has 0 atom stereocenters. The van der Waals surface area contributed by atoms with Crippen LogP contribution in [0.3, 0.4) is 0 Å². The van der Waals surface area contributed by atoms with Gasteiger partial charge in [-0.25, -0.2) is 4.98 Å². The van der Waals surface area contributed by atoms with Crippen molar-refractivity contribution in [2.75, 3.05) is 26.7 Å². The van der Waals surface area contributed by atoms with Gasteiger partial charge in [-0.15, -0.1) is 0 Å². The van der Waals surface area contributed by atoms with Gasteiger partial charge in [0.2, 0.25) is 5.88 Å². The first-order chi connectivity index (χ1) is 17.9. The van der Waals surface area contributed by atoms with Crippen molar-refractivity contribution in [2.24, 2.45) is 0 Å². The molecular weight excluding hydrogens is 513 g/mol. The number of hydrogen-bond acceptors (Lipinski definition) is 6. The summed E-state index contributed by atoms with van der Waals surface area (Å²) < 4.78 is 15.2. The van der Waals surface area contributed by atoms with Gasteiger partial charge in [0.15, 0.2) is 5.65 Å². The average molecular weight is 544 g/mol. The highest BCUT2D eigenvalue weighted by molar-refractivity contribution is 6.42. The normalized spacial score (nSPS) is 15.1. The lowest BCUT2D eigenvalue weighted by Crippen LogP contribution is -2.39. The van der Waals surface area contributed by atoms with E-state index in [1.54, 1.807) is 25.3 Å². The molecule has 0 unspecified atom stereocenters. The molecule has 1 aliphatic rings. The summed E-state index contributed by atoms with van der Waals surface area (Å²) in [5.41, 5.74) is 2.78. The second-order valence-corrected chi connectivity index (χ2v) is 10.2. The summed E-state index contributed by atoms with van der Waals surface area (Å²) in [5, 5.41) is 1.03. The Hall–Kier alpha value is -2.81. The molecule has 0 bridgehead atoms. The number of likely N-dealkylation sites (tertiary alicyclic amines) is 1. The summed E-state index contributed by atoms with van der Waals surface area (Å²) in [4.78, 5) is 25.4. The van der Waals surface area contributed by atoms with Crippen molar-refractivity contribution in [2.45, 2.75) is 52.2 Å². The highest BCUT2D eigenvalue weighted by atomic mass is 35.5. The first-order valence-corrected chi connectivity index (χ1v) is 13.4. The van der Waals surface area contributed by atoms with Gasteiger partial charge in [0, 0.05) is 38.2 Å². The number of piperidine rings is 1. The van der Waals surface area contributed by atoms with E-state index >= 15 is 0 Å². The van der Waals surface area contributed by atoms with Crippen molar-refractivity contribution < 1.29 is 9.47 Å². The number of hydrogen-bond donors (Lipinski definition) is 0. The van der Waals surface area contributed by atoms with Gasteiger partial charge >= 0.3 is 0 Å². The van der Waals surface area contributed by atoms with Crippen molar-refractivity contribution in [1.82, 2.24) is 23.8 Å². The molecule has 0 aliphatic carbocycles. The lowest BCUT2D eigenvalue weighted by atomic mass is 10.1. The average Bonchev–Trinajstić information content (AvgIpc) is 3.25. The minimum absolute atomic E-state index is 0.0297. The zero-order valence-electron chi connectivity index (χ0n) is 21.3. The largest absolute Gasteiger partial charge is 0.490 e. The van der Waals surface area contributed by atoms with Crippen LogP contribution < -0.4 is 15.0 Å². The van der Waals surface area contributed by atoms with E-state index in [2.05, 4.69) is 9.88 Å². The van der Waals surface area contributed by atoms with Crippen LogP contribution in [0.25, 0.3) is 16.7 Å². The van der Waals surface area contributed by atoms with Gasteiger partial charge in [0.25, 0.3) is 5.56 Å². The lowest BCUT2D eigenvalue weighted by Gasteiger charge is -2.32. The molecule has 1 fully saturated rings. The molecule has 8 nitrogen and oxygen atoms in total. The van der Waals surface area contributed by atoms with Crippen LogP contribution in [-0.4, -0.2) is 56.7 Å². The van der Waals surface area contributed by atoms with Crippen LogP contribution >= 0.6 is 23.2 Å². The molecule has 1 aliphatic heterocycles. The number of nitrogens with zero attached hydrogens (tertiary/aromatic N) is 5. The smallest absolute Gasteiger partial charge is 0.277 e. The molecule has 37 heavy (non-hydrogen) atoms. The second-order valence-electron chi connectivity index (χ2n) is 9.39. The maximum absolute atomic E-state index is 13.6. The second kappa shape index (κ2) is 10.9. The van der Waals surface area contributed by atoms with Crippen LogP contribution in [-0.2, 0) is 13.0 Å². The van der Waals surface area contributed by atoms with Gasteiger partial charge < -0.3 is 18.9 Å². The number of methoxy groups -OCH3 is 1. The first kappa shape index (κ1) is 25.8. The van der Waals surface area contributed by atoms with Gasteiger partial charge in [0.05, 0.1) is 28.4 Å². The quantitative estimate of drug-likeness (QED) is 0.305. The van der Waals surface area contributed by atoms with Crippen LogP contribution in [0.15, 0.2) is 35.1 Å². The van der Waals surface area contributed by atoms with E-state index in [1.807, 2.05) is 34.9 Å². The predicted molar refractivity (Wildman–Crippen MR) is 147 cm³/mol. The molecule has 0 saturated carbocycles. The highest BCUT2D eigenvalue weighted by Gasteiger charge is 2.22. The lowest BCUT2D eigenvalue weighted by molar-refractivity contribution is 0.0993. The molecule has 0 radical (unpaired) electrons. The summed E-state index contributed by atoms with van der Waals surface area (Å²) in [6.07, 6.45) is 3.59. The van der Waals surface area contributed by atoms with Crippen LogP contribution in [0.1, 0.15) is 37.7 Å². The third kappa shape index (κ3) is 5.15. The van der Waals surface area contributed by atoms with Gasteiger partial charge in [-0.2, -0.15) is 4.98 Å². The summed E-state index contributed by atoms with van der Waals surface area (Å²) in [5.74, 6) is 2.09. The number of benzene rings is 1. The van der Waals surface area contributed by atoms with Crippen LogP contribution in [0, 0.1) is 6.92 Å². The fraction of sp³-hybridized carbons (Fsp3) is 0.444. The zero-order chi connectivity index (χ0) is 26.1. The van der Waals surface area contributed by atoms with E-state index in [1.165, 1.54) is 0 Å². The maximum Gasteiger partial charge on any atom is 0.277 e. The SMILES string of the molecule is CCc1nc(C)c2c(=O)n(CCCN3CCC(Oc4ccc(Cl)c(Cl)c4)CC3)c3ccc(OC)nc3n12. The summed E-state index contributed by atoms with van der Waals surface area (Å²) in [6, 6.07) is 9.11.